The Bertz CT molecular complexity index is 885. The first-order valence-corrected chi connectivity index (χ1v) is 8.87. The summed E-state index contributed by atoms with van der Waals surface area (Å²) in [5.41, 5.74) is 0.0452. The Balaban J connectivity index is 2.45. The first kappa shape index (κ1) is 18.2. The smallest absolute Gasteiger partial charge is 0.307 e. The largest absolute Gasteiger partial charge is 0.495 e. The van der Waals surface area contributed by atoms with Crippen molar-refractivity contribution in [2.24, 2.45) is 0 Å². The highest BCUT2D eigenvalue weighted by Gasteiger charge is 2.22. The minimum absolute atomic E-state index is 0.0224. The van der Waals surface area contributed by atoms with E-state index in [-0.39, 0.29) is 28.3 Å². The molecule has 0 aliphatic heterocycles. The molecule has 0 atom stereocenters. The Kier molecular flexibility index (Phi) is 5.45. The Morgan fingerprint density at radius 2 is 2.00 bits per heavy atom. The van der Waals surface area contributed by atoms with Gasteiger partial charge in [-0.25, -0.2) is 12.8 Å². The number of methoxy groups -OCH3 is 1. The van der Waals surface area contributed by atoms with E-state index in [1.165, 1.54) is 37.4 Å². The van der Waals surface area contributed by atoms with Crippen LogP contribution in [-0.4, -0.2) is 26.6 Å². The third-order valence-corrected chi connectivity index (χ3v) is 4.93. The summed E-state index contributed by atoms with van der Waals surface area (Å²) in [6, 6.07) is 7.86. The second-order valence-electron chi connectivity index (χ2n) is 4.79. The van der Waals surface area contributed by atoms with Crippen molar-refractivity contribution in [2.75, 3.05) is 11.8 Å². The number of nitrogens with one attached hydrogen (secondary N) is 1. The molecule has 24 heavy (non-hydrogen) atoms. The van der Waals surface area contributed by atoms with Crippen LogP contribution in [0.4, 0.5) is 10.1 Å². The fraction of sp³-hybridized carbons (Fsp3) is 0.133. The van der Waals surface area contributed by atoms with Crippen molar-refractivity contribution in [3.05, 3.63) is 52.3 Å². The molecule has 0 aliphatic rings. The number of sulfonamides is 1. The van der Waals surface area contributed by atoms with Gasteiger partial charge in [-0.3, -0.25) is 9.52 Å². The van der Waals surface area contributed by atoms with Crippen LogP contribution in [0.25, 0.3) is 0 Å². The lowest BCUT2D eigenvalue weighted by atomic mass is 10.1. The van der Waals surface area contributed by atoms with E-state index in [4.69, 9.17) is 9.84 Å². The zero-order valence-corrected chi connectivity index (χ0v) is 14.8. The first-order valence-electron chi connectivity index (χ1n) is 6.59. The Labute approximate surface area is 146 Å². The van der Waals surface area contributed by atoms with Crippen LogP contribution in [0.5, 0.6) is 5.75 Å². The van der Waals surface area contributed by atoms with Crippen LogP contribution in [0, 0.1) is 5.82 Å². The molecule has 0 spiro atoms. The molecule has 0 unspecified atom stereocenters. The molecular weight excluding hydrogens is 405 g/mol. The van der Waals surface area contributed by atoms with Gasteiger partial charge in [-0.05, 0) is 35.9 Å². The summed E-state index contributed by atoms with van der Waals surface area (Å²) in [6.07, 6.45) is -0.348. The monoisotopic (exact) mass is 417 g/mol. The molecule has 2 aromatic rings. The van der Waals surface area contributed by atoms with Crippen LogP contribution in [-0.2, 0) is 21.2 Å². The maximum absolute atomic E-state index is 13.9. The maximum Gasteiger partial charge on any atom is 0.307 e. The van der Waals surface area contributed by atoms with Gasteiger partial charge in [0.25, 0.3) is 10.0 Å². The first-order chi connectivity index (χ1) is 11.2. The second kappa shape index (κ2) is 7.18. The van der Waals surface area contributed by atoms with E-state index in [0.717, 1.165) is 6.07 Å². The van der Waals surface area contributed by atoms with Gasteiger partial charge in [-0.2, -0.15) is 0 Å². The molecule has 0 bridgehead atoms. The van der Waals surface area contributed by atoms with E-state index < -0.39 is 21.8 Å². The van der Waals surface area contributed by atoms with E-state index in [2.05, 4.69) is 20.7 Å². The number of carboxylic acid groups (broad SMARTS) is 1. The summed E-state index contributed by atoms with van der Waals surface area (Å²) in [5.74, 6) is -1.84. The number of rotatable bonds is 6. The summed E-state index contributed by atoms with van der Waals surface area (Å²) in [7, 11) is -2.89. The zero-order chi connectivity index (χ0) is 17.9. The van der Waals surface area contributed by atoms with E-state index in [9.17, 15) is 17.6 Å². The number of halogens is 2. The number of ether oxygens (including phenoxy) is 1. The van der Waals surface area contributed by atoms with Crippen molar-refractivity contribution in [3.63, 3.8) is 0 Å². The molecule has 0 aromatic heterocycles. The molecule has 128 valence electrons. The van der Waals surface area contributed by atoms with E-state index in [1.807, 2.05) is 0 Å². The maximum atomic E-state index is 13.9. The number of hydrogen-bond acceptors (Lipinski definition) is 4. The molecule has 0 fully saturated rings. The Morgan fingerprint density at radius 1 is 1.29 bits per heavy atom. The molecule has 0 saturated carbocycles. The number of carboxylic acids is 1. The van der Waals surface area contributed by atoms with Crippen LogP contribution in [0.15, 0.2) is 45.8 Å². The highest BCUT2D eigenvalue weighted by molar-refractivity contribution is 9.10. The number of hydrogen-bond donors (Lipinski definition) is 2. The van der Waals surface area contributed by atoms with Gasteiger partial charge in [-0.15, -0.1) is 0 Å². The second-order valence-corrected chi connectivity index (χ2v) is 7.35. The summed E-state index contributed by atoms with van der Waals surface area (Å²) >= 11 is 3.08. The van der Waals surface area contributed by atoms with Gasteiger partial charge in [0.2, 0.25) is 0 Å². The average Bonchev–Trinajstić information content (AvgIpc) is 2.49. The fourth-order valence-electron chi connectivity index (χ4n) is 1.99. The van der Waals surface area contributed by atoms with Crippen molar-refractivity contribution in [2.45, 2.75) is 11.3 Å². The molecular formula is C15H13BrFNO5S. The lowest BCUT2D eigenvalue weighted by Gasteiger charge is -2.13. The predicted molar refractivity (Wildman–Crippen MR) is 89.2 cm³/mol. The van der Waals surface area contributed by atoms with Gasteiger partial charge in [-0.1, -0.05) is 22.0 Å². The van der Waals surface area contributed by atoms with Crippen molar-refractivity contribution < 1.29 is 27.4 Å². The molecule has 0 heterocycles. The molecule has 0 aliphatic carbocycles. The van der Waals surface area contributed by atoms with Crippen LogP contribution >= 0.6 is 15.9 Å². The molecule has 0 radical (unpaired) electrons. The van der Waals surface area contributed by atoms with Gasteiger partial charge >= 0.3 is 5.97 Å². The third kappa shape index (κ3) is 4.24. The van der Waals surface area contributed by atoms with Gasteiger partial charge in [0, 0.05) is 4.47 Å². The van der Waals surface area contributed by atoms with E-state index in [0.29, 0.717) is 4.47 Å². The third-order valence-electron chi connectivity index (χ3n) is 3.05. The number of carbonyl (C=O) groups is 1. The number of benzene rings is 2. The topological polar surface area (TPSA) is 92.7 Å². The van der Waals surface area contributed by atoms with Crippen LogP contribution in [0.1, 0.15) is 5.56 Å². The minimum atomic E-state index is -4.17. The van der Waals surface area contributed by atoms with Crippen LogP contribution in [0.2, 0.25) is 0 Å². The average molecular weight is 418 g/mol. The van der Waals surface area contributed by atoms with E-state index in [1.54, 1.807) is 0 Å². The summed E-state index contributed by atoms with van der Waals surface area (Å²) in [4.78, 5) is 10.5. The lowest BCUT2D eigenvalue weighted by Crippen LogP contribution is -2.15. The zero-order valence-electron chi connectivity index (χ0n) is 12.4. The predicted octanol–water partition coefficient (Wildman–Crippen LogP) is 3.02. The van der Waals surface area contributed by atoms with Gasteiger partial charge in [0.15, 0.2) is 0 Å². The highest BCUT2D eigenvalue weighted by Crippen LogP contribution is 2.28. The molecule has 2 N–H and O–H groups in total. The normalized spacial score (nSPS) is 11.1. The molecule has 2 rings (SSSR count). The van der Waals surface area contributed by atoms with E-state index >= 15 is 0 Å². The SMILES string of the molecule is COc1ccc(CC(=O)O)cc1S(=O)(=O)Nc1ccc(Br)cc1F. The lowest BCUT2D eigenvalue weighted by molar-refractivity contribution is -0.136. The van der Waals surface area contributed by atoms with Crippen molar-refractivity contribution in [1.29, 1.82) is 0 Å². The number of anilines is 1. The van der Waals surface area contributed by atoms with Crippen molar-refractivity contribution in [1.82, 2.24) is 0 Å². The molecule has 2 aromatic carbocycles. The molecule has 6 nitrogen and oxygen atoms in total. The highest BCUT2D eigenvalue weighted by atomic mass is 79.9. The summed E-state index contributed by atoms with van der Waals surface area (Å²) in [5, 5.41) is 8.83. The quantitative estimate of drug-likeness (QED) is 0.753. The van der Waals surface area contributed by atoms with Crippen LogP contribution < -0.4 is 9.46 Å². The standard InChI is InChI=1S/C15H13BrFNO5S/c1-23-13-5-2-9(7-15(19)20)6-14(13)24(21,22)18-12-4-3-10(16)8-11(12)17/h2-6,8,18H,7H2,1H3,(H,19,20). The molecule has 0 amide bonds. The van der Waals surface area contributed by atoms with Crippen LogP contribution in [0.3, 0.4) is 0 Å². The van der Waals surface area contributed by atoms with Crippen molar-refractivity contribution >= 4 is 37.6 Å². The fourth-order valence-corrected chi connectivity index (χ4v) is 3.61. The van der Waals surface area contributed by atoms with Crippen molar-refractivity contribution in [3.8, 4) is 5.75 Å². The number of aliphatic carboxylic acids is 1. The summed E-state index contributed by atoms with van der Waals surface area (Å²) in [6.45, 7) is 0. The van der Waals surface area contributed by atoms with Gasteiger partial charge in [0.05, 0.1) is 19.2 Å². The molecule has 9 heteroatoms. The molecule has 0 saturated heterocycles. The van der Waals surface area contributed by atoms with Gasteiger partial charge in [0.1, 0.15) is 16.5 Å². The summed E-state index contributed by atoms with van der Waals surface area (Å²) < 4.78 is 46.6. The Morgan fingerprint density at radius 3 is 2.58 bits per heavy atom. The Hall–Kier alpha value is -2.13. The minimum Gasteiger partial charge on any atom is -0.495 e. The van der Waals surface area contributed by atoms with Gasteiger partial charge < -0.3 is 9.84 Å².